The number of likely N-dealkylation sites (tertiary alicyclic amines) is 1. The number of rotatable bonds is 4. The van der Waals surface area contributed by atoms with Crippen LogP contribution in [0.15, 0.2) is 18.2 Å². The molecular formula is C19H25N3S. The van der Waals surface area contributed by atoms with E-state index in [-0.39, 0.29) is 0 Å². The van der Waals surface area contributed by atoms with E-state index in [2.05, 4.69) is 47.2 Å². The van der Waals surface area contributed by atoms with Crippen molar-refractivity contribution < 1.29 is 0 Å². The first-order valence-corrected chi connectivity index (χ1v) is 9.23. The lowest BCUT2D eigenvalue weighted by atomic mass is 9.73. The predicted octanol–water partition coefficient (Wildman–Crippen LogP) is 3.52. The van der Waals surface area contributed by atoms with Crippen LogP contribution in [0.25, 0.3) is 10.9 Å². The van der Waals surface area contributed by atoms with E-state index in [1.807, 2.05) is 0 Å². The van der Waals surface area contributed by atoms with Crippen molar-refractivity contribution in [2.75, 3.05) is 13.1 Å². The van der Waals surface area contributed by atoms with Gasteiger partial charge in [0.1, 0.15) is 0 Å². The van der Waals surface area contributed by atoms with Crippen LogP contribution >= 0.6 is 12.2 Å². The molecular weight excluding hydrogens is 302 g/mol. The van der Waals surface area contributed by atoms with Crippen molar-refractivity contribution in [3.8, 4) is 0 Å². The zero-order valence-corrected chi connectivity index (χ0v) is 14.7. The van der Waals surface area contributed by atoms with Gasteiger partial charge < -0.3 is 10.3 Å². The highest BCUT2D eigenvalue weighted by Crippen LogP contribution is 2.44. The van der Waals surface area contributed by atoms with E-state index in [9.17, 15) is 0 Å². The summed E-state index contributed by atoms with van der Waals surface area (Å²) in [6, 6.07) is 7.87. The molecule has 2 unspecified atom stereocenters. The number of thiocarbonyl (C=S) groups is 1. The Hall–Kier alpha value is -1.39. The number of aromatic nitrogens is 1. The van der Waals surface area contributed by atoms with Crippen LogP contribution in [0.4, 0.5) is 0 Å². The van der Waals surface area contributed by atoms with Gasteiger partial charge >= 0.3 is 0 Å². The van der Waals surface area contributed by atoms with E-state index >= 15 is 0 Å². The van der Waals surface area contributed by atoms with Crippen LogP contribution in [0.5, 0.6) is 0 Å². The smallest absolute Gasteiger partial charge is 0.0617 e. The van der Waals surface area contributed by atoms with Crippen LogP contribution in [0.1, 0.15) is 42.5 Å². The van der Waals surface area contributed by atoms with Crippen molar-refractivity contribution in [3.05, 3.63) is 35.0 Å². The average molecular weight is 327 g/mol. The van der Waals surface area contributed by atoms with Crippen molar-refractivity contribution in [1.82, 2.24) is 15.2 Å². The molecule has 122 valence electrons. The number of nitrogens with one attached hydrogen (secondary N) is 2. The van der Waals surface area contributed by atoms with Gasteiger partial charge in [-0.15, -0.1) is 0 Å². The fraction of sp³-hybridized carbons (Fsp3) is 0.526. The van der Waals surface area contributed by atoms with Crippen molar-refractivity contribution in [2.24, 2.45) is 0 Å². The number of hydrogen-bond donors (Lipinski definition) is 2. The molecule has 2 N–H and O–H groups in total. The minimum atomic E-state index is 0.470. The molecule has 0 saturated carbocycles. The van der Waals surface area contributed by atoms with Crippen LogP contribution in [0.3, 0.4) is 0 Å². The normalized spacial score (nSPS) is 27.0. The molecule has 4 rings (SSSR count). The van der Waals surface area contributed by atoms with Crippen molar-refractivity contribution in [3.63, 3.8) is 0 Å². The van der Waals surface area contributed by atoms with Gasteiger partial charge in [-0.05, 0) is 49.9 Å². The van der Waals surface area contributed by atoms with Gasteiger partial charge in [0.05, 0.1) is 5.49 Å². The number of aryl methyl sites for hydroxylation is 1. The third-order valence-electron chi connectivity index (χ3n) is 5.73. The Kier molecular flexibility index (Phi) is 3.90. The molecule has 2 aromatic rings. The summed E-state index contributed by atoms with van der Waals surface area (Å²) in [4.78, 5) is 6.29. The molecule has 0 bridgehead atoms. The number of hydrogen-bond acceptors (Lipinski definition) is 2. The average Bonchev–Trinajstić information content (AvgIpc) is 2.86. The van der Waals surface area contributed by atoms with E-state index in [4.69, 9.17) is 12.2 Å². The molecule has 0 spiro atoms. The van der Waals surface area contributed by atoms with Gasteiger partial charge in [0.2, 0.25) is 0 Å². The number of H-pyrrole nitrogens is 1. The highest BCUT2D eigenvalue weighted by atomic mass is 32.1. The fourth-order valence-corrected chi connectivity index (χ4v) is 5.02. The van der Waals surface area contributed by atoms with E-state index in [0.717, 1.165) is 6.54 Å². The number of piperidine rings is 1. The van der Waals surface area contributed by atoms with Gasteiger partial charge in [0.15, 0.2) is 0 Å². The first-order chi connectivity index (χ1) is 11.2. The van der Waals surface area contributed by atoms with Crippen LogP contribution < -0.4 is 5.32 Å². The Bertz CT molecular complexity index is 736. The summed E-state index contributed by atoms with van der Waals surface area (Å²) in [6.45, 7) is 6.78. The first-order valence-electron chi connectivity index (χ1n) is 8.76. The molecule has 0 radical (unpaired) electrons. The maximum Gasteiger partial charge on any atom is 0.0617 e. The maximum atomic E-state index is 5.05. The molecule has 1 aromatic carbocycles. The Labute approximate surface area is 143 Å². The second-order valence-electron chi connectivity index (χ2n) is 7.09. The molecule has 3 nitrogen and oxygen atoms in total. The maximum absolute atomic E-state index is 5.05. The first kappa shape index (κ1) is 15.2. The van der Waals surface area contributed by atoms with E-state index in [1.54, 1.807) is 11.1 Å². The topological polar surface area (TPSA) is 31.1 Å². The number of aromatic amines is 1. The Balaban J connectivity index is 1.80. The lowest BCUT2D eigenvalue weighted by Crippen LogP contribution is -2.55. The van der Waals surface area contributed by atoms with E-state index in [0.29, 0.717) is 18.0 Å². The SMILES string of the molecule is CCCN1CC(NC=S)CC2c3cccc4[nH]c(C)c(c34)C[C@H]21. The van der Waals surface area contributed by atoms with Crippen LogP contribution in [-0.4, -0.2) is 40.5 Å². The molecule has 2 aliphatic rings. The molecule has 1 saturated heterocycles. The van der Waals surface area contributed by atoms with Gasteiger partial charge in [-0.3, -0.25) is 4.90 Å². The predicted molar refractivity (Wildman–Crippen MR) is 100 cm³/mol. The van der Waals surface area contributed by atoms with Crippen molar-refractivity contribution in [2.45, 2.75) is 51.1 Å². The summed E-state index contributed by atoms with van der Waals surface area (Å²) < 4.78 is 0. The third kappa shape index (κ3) is 2.39. The van der Waals surface area contributed by atoms with Crippen molar-refractivity contribution >= 4 is 28.6 Å². The Morgan fingerprint density at radius 1 is 1.43 bits per heavy atom. The van der Waals surface area contributed by atoms with E-state index in [1.165, 1.54) is 48.0 Å². The van der Waals surface area contributed by atoms with Gasteiger partial charge in [0.25, 0.3) is 0 Å². The molecule has 4 heteroatoms. The number of nitrogens with zero attached hydrogens (tertiary/aromatic N) is 1. The molecule has 0 amide bonds. The highest BCUT2D eigenvalue weighted by molar-refractivity contribution is 7.78. The molecule has 23 heavy (non-hydrogen) atoms. The number of benzene rings is 1. The summed E-state index contributed by atoms with van der Waals surface area (Å²) in [5.74, 6) is 0.606. The minimum Gasteiger partial charge on any atom is -0.378 e. The van der Waals surface area contributed by atoms with Crippen LogP contribution in [0, 0.1) is 6.92 Å². The summed E-state index contributed by atoms with van der Waals surface area (Å²) in [6.07, 6.45) is 3.56. The second kappa shape index (κ2) is 5.91. The monoisotopic (exact) mass is 327 g/mol. The van der Waals surface area contributed by atoms with Gasteiger partial charge in [-0.1, -0.05) is 31.3 Å². The molecule has 1 aliphatic heterocycles. The van der Waals surface area contributed by atoms with Gasteiger partial charge in [-0.25, -0.2) is 0 Å². The summed E-state index contributed by atoms with van der Waals surface area (Å²) >= 11 is 5.05. The summed E-state index contributed by atoms with van der Waals surface area (Å²) in [7, 11) is 0. The zero-order chi connectivity index (χ0) is 16.0. The number of fused-ring (bicyclic) bond motifs is 2. The molecule has 3 atom stereocenters. The third-order valence-corrected chi connectivity index (χ3v) is 5.86. The van der Waals surface area contributed by atoms with Crippen LogP contribution in [0.2, 0.25) is 0 Å². The summed E-state index contributed by atoms with van der Waals surface area (Å²) in [5, 5.41) is 4.90. The molecule has 1 fully saturated rings. The summed E-state index contributed by atoms with van der Waals surface area (Å²) in [5.41, 5.74) is 7.43. The highest BCUT2D eigenvalue weighted by Gasteiger charge is 2.40. The largest absolute Gasteiger partial charge is 0.378 e. The zero-order valence-electron chi connectivity index (χ0n) is 13.9. The van der Waals surface area contributed by atoms with Gasteiger partial charge in [-0.2, -0.15) is 0 Å². The van der Waals surface area contributed by atoms with Crippen molar-refractivity contribution in [1.29, 1.82) is 0 Å². The molecule has 2 heterocycles. The lowest BCUT2D eigenvalue weighted by Gasteiger charge is -2.47. The Morgan fingerprint density at radius 3 is 3.09 bits per heavy atom. The molecule has 1 aromatic heterocycles. The Morgan fingerprint density at radius 2 is 2.30 bits per heavy atom. The second-order valence-corrected chi connectivity index (χ2v) is 7.32. The lowest BCUT2D eigenvalue weighted by molar-refractivity contribution is 0.105. The van der Waals surface area contributed by atoms with E-state index < -0.39 is 0 Å². The standard InChI is InChI=1S/C19H25N3S/c1-3-7-22-10-13(20-11-23)8-16-14-5-4-6-17-19(14)15(9-18(16)22)12(2)21-17/h4-6,11,13,16,18,21H,3,7-10H2,1-2H3,(H,20,23)/t13?,16?,18-/m1/s1. The fourth-order valence-electron chi connectivity index (χ4n) is 4.83. The minimum absolute atomic E-state index is 0.470. The van der Waals surface area contributed by atoms with Gasteiger partial charge in [0, 0.05) is 41.1 Å². The van der Waals surface area contributed by atoms with Crippen LogP contribution in [-0.2, 0) is 6.42 Å². The molecule has 1 aliphatic carbocycles. The quantitative estimate of drug-likeness (QED) is 0.843.